The molecule has 0 N–H and O–H groups in total. The second-order valence-corrected chi connectivity index (χ2v) is 9.60. The Balaban J connectivity index is 1.53. The normalized spacial score (nSPS) is 22.7. The maximum absolute atomic E-state index is 13.9. The molecule has 0 atom stereocenters. The summed E-state index contributed by atoms with van der Waals surface area (Å²) in [6.45, 7) is 5.79. The van der Waals surface area contributed by atoms with Crippen molar-refractivity contribution in [1.29, 1.82) is 0 Å². The summed E-state index contributed by atoms with van der Waals surface area (Å²) in [4.78, 5) is 20.1. The Hall–Kier alpha value is -1.91. The van der Waals surface area contributed by atoms with Crippen molar-refractivity contribution in [2.45, 2.75) is 103 Å². The minimum absolute atomic E-state index is 0.246. The largest absolute Gasteiger partial charge is 0.340 e. The molecule has 0 aliphatic heterocycles. The van der Waals surface area contributed by atoms with E-state index >= 15 is 0 Å². The van der Waals surface area contributed by atoms with Crippen LogP contribution in [0, 0.1) is 11.7 Å². The minimum atomic E-state index is -0.246. The summed E-state index contributed by atoms with van der Waals surface area (Å²) in [6, 6.07) is 5.29. The average Bonchev–Trinajstić information content (AvgIpc) is 3.16. The Kier molecular flexibility index (Phi) is 7.29. The molecule has 1 aromatic carbocycles. The van der Waals surface area contributed by atoms with Gasteiger partial charge in [0.1, 0.15) is 11.6 Å². The van der Waals surface area contributed by atoms with Crippen molar-refractivity contribution in [3.63, 3.8) is 0 Å². The molecule has 0 radical (unpaired) electrons. The smallest absolute Gasteiger partial charge is 0.224 e. The lowest BCUT2D eigenvalue weighted by Crippen LogP contribution is -2.41. The van der Waals surface area contributed by atoms with Crippen molar-refractivity contribution >= 4 is 16.9 Å². The number of fused-ring (bicyclic) bond motifs is 1. The van der Waals surface area contributed by atoms with Crippen LogP contribution in [0.5, 0.6) is 0 Å². The number of aryl methyl sites for hydroxylation is 1. The zero-order valence-corrected chi connectivity index (χ0v) is 19.3. The summed E-state index contributed by atoms with van der Waals surface area (Å²) < 4.78 is 16.1. The van der Waals surface area contributed by atoms with Gasteiger partial charge in [0.05, 0.1) is 11.0 Å². The van der Waals surface area contributed by atoms with Crippen LogP contribution in [0.15, 0.2) is 18.2 Å². The highest BCUT2D eigenvalue weighted by Crippen LogP contribution is 2.38. The fraction of sp³-hybridized carbons (Fsp3) is 0.692. The van der Waals surface area contributed by atoms with Crippen LogP contribution in [0.3, 0.4) is 0 Å². The van der Waals surface area contributed by atoms with Gasteiger partial charge >= 0.3 is 0 Å². The van der Waals surface area contributed by atoms with Crippen LogP contribution in [-0.4, -0.2) is 32.9 Å². The van der Waals surface area contributed by atoms with Gasteiger partial charge in [-0.1, -0.05) is 32.6 Å². The van der Waals surface area contributed by atoms with Crippen molar-refractivity contribution in [3.8, 4) is 0 Å². The van der Waals surface area contributed by atoms with E-state index in [9.17, 15) is 9.18 Å². The Morgan fingerprint density at radius 3 is 2.52 bits per heavy atom. The molecule has 2 saturated carbocycles. The monoisotopic (exact) mass is 427 g/mol. The van der Waals surface area contributed by atoms with Gasteiger partial charge in [-0.15, -0.1) is 0 Å². The molecule has 2 aliphatic carbocycles. The lowest BCUT2D eigenvalue weighted by atomic mass is 9.80. The predicted molar refractivity (Wildman–Crippen MR) is 124 cm³/mol. The van der Waals surface area contributed by atoms with Crippen molar-refractivity contribution < 1.29 is 9.18 Å². The summed E-state index contributed by atoms with van der Waals surface area (Å²) in [5.41, 5.74) is 1.68. The van der Waals surface area contributed by atoms with Crippen molar-refractivity contribution in [2.24, 2.45) is 5.92 Å². The van der Waals surface area contributed by atoms with Gasteiger partial charge in [0.15, 0.2) is 0 Å². The van der Waals surface area contributed by atoms with E-state index in [0.717, 1.165) is 55.0 Å². The first-order valence-corrected chi connectivity index (χ1v) is 12.6. The fourth-order valence-corrected chi connectivity index (χ4v) is 5.88. The first-order chi connectivity index (χ1) is 15.1. The topological polar surface area (TPSA) is 38.1 Å². The fourth-order valence-electron chi connectivity index (χ4n) is 5.88. The number of hydrogen-bond acceptors (Lipinski definition) is 2. The molecule has 4 rings (SSSR count). The first-order valence-electron chi connectivity index (χ1n) is 12.6. The molecule has 1 amide bonds. The SMILES string of the molecule is CCN(C(=O)CCn1c2ccc(F)cc2nc1[C@H]1CC[C@H](CC)CC1)C1CCCCC1. The molecule has 2 aliphatic rings. The molecular formula is C26H38FN3O. The molecule has 4 nitrogen and oxygen atoms in total. The van der Waals surface area contributed by atoms with Crippen LogP contribution < -0.4 is 0 Å². The van der Waals surface area contributed by atoms with Crippen LogP contribution in [0.25, 0.3) is 11.0 Å². The average molecular weight is 428 g/mol. The molecule has 170 valence electrons. The summed E-state index contributed by atoms with van der Waals surface area (Å²) >= 11 is 0. The van der Waals surface area contributed by atoms with Crippen molar-refractivity contribution in [1.82, 2.24) is 14.5 Å². The third-order valence-corrected chi connectivity index (χ3v) is 7.75. The number of hydrogen-bond donors (Lipinski definition) is 0. The molecule has 0 bridgehead atoms. The van der Waals surface area contributed by atoms with Gasteiger partial charge in [-0.05, 0) is 63.5 Å². The van der Waals surface area contributed by atoms with Gasteiger partial charge in [-0.3, -0.25) is 4.79 Å². The molecule has 1 heterocycles. The number of carbonyl (C=O) groups is 1. The number of amides is 1. The summed E-state index contributed by atoms with van der Waals surface area (Å²) in [7, 11) is 0. The van der Waals surface area contributed by atoms with E-state index in [1.54, 1.807) is 0 Å². The number of imidazole rings is 1. The summed E-state index contributed by atoms with van der Waals surface area (Å²) in [5.74, 6) is 2.29. The second-order valence-electron chi connectivity index (χ2n) is 9.60. The Labute approximate surface area is 186 Å². The molecular weight excluding hydrogens is 389 g/mol. The van der Waals surface area contributed by atoms with Gasteiger partial charge in [0.2, 0.25) is 5.91 Å². The Bertz CT molecular complexity index is 878. The van der Waals surface area contributed by atoms with Gasteiger partial charge in [0.25, 0.3) is 0 Å². The number of carbonyl (C=O) groups excluding carboxylic acids is 1. The number of benzene rings is 1. The molecule has 0 unspecified atom stereocenters. The number of aromatic nitrogens is 2. The van der Waals surface area contributed by atoms with Crippen molar-refractivity contribution in [2.75, 3.05) is 6.54 Å². The van der Waals surface area contributed by atoms with Crippen LogP contribution >= 0.6 is 0 Å². The molecule has 31 heavy (non-hydrogen) atoms. The summed E-state index contributed by atoms with van der Waals surface area (Å²) in [6.07, 6.45) is 12.5. The molecule has 0 saturated heterocycles. The highest BCUT2D eigenvalue weighted by Gasteiger charge is 2.28. The van der Waals surface area contributed by atoms with E-state index in [-0.39, 0.29) is 11.7 Å². The highest BCUT2D eigenvalue weighted by molar-refractivity contribution is 5.78. The van der Waals surface area contributed by atoms with Crippen molar-refractivity contribution in [3.05, 3.63) is 29.8 Å². The van der Waals surface area contributed by atoms with Gasteiger partial charge in [-0.25, -0.2) is 9.37 Å². The van der Waals surface area contributed by atoms with Gasteiger partial charge < -0.3 is 9.47 Å². The second kappa shape index (κ2) is 10.1. The van der Waals surface area contributed by atoms with E-state index in [0.29, 0.717) is 24.9 Å². The lowest BCUT2D eigenvalue weighted by Gasteiger charge is -2.34. The Morgan fingerprint density at radius 2 is 1.84 bits per heavy atom. The van der Waals surface area contributed by atoms with E-state index in [2.05, 4.69) is 23.3 Å². The van der Waals surface area contributed by atoms with Gasteiger partial charge in [-0.2, -0.15) is 0 Å². The van der Waals surface area contributed by atoms with Crippen LogP contribution in [0.1, 0.15) is 96.2 Å². The quantitative estimate of drug-likeness (QED) is 0.510. The molecule has 2 fully saturated rings. The van der Waals surface area contributed by atoms with E-state index in [4.69, 9.17) is 4.98 Å². The van der Waals surface area contributed by atoms with E-state index in [1.807, 2.05) is 6.07 Å². The highest BCUT2D eigenvalue weighted by atomic mass is 19.1. The maximum atomic E-state index is 13.9. The molecule has 0 spiro atoms. The molecule has 1 aromatic heterocycles. The predicted octanol–water partition coefficient (Wildman–Crippen LogP) is 6.43. The lowest BCUT2D eigenvalue weighted by molar-refractivity contribution is -0.134. The number of nitrogens with zero attached hydrogens (tertiary/aromatic N) is 3. The summed E-state index contributed by atoms with van der Waals surface area (Å²) in [5, 5.41) is 0. The van der Waals surface area contributed by atoms with Crippen LogP contribution in [0.2, 0.25) is 0 Å². The third-order valence-electron chi connectivity index (χ3n) is 7.75. The van der Waals surface area contributed by atoms with E-state index in [1.165, 1.54) is 50.7 Å². The third kappa shape index (κ3) is 4.96. The zero-order chi connectivity index (χ0) is 21.8. The first kappa shape index (κ1) is 22.3. The number of halogens is 1. The maximum Gasteiger partial charge on any atom is 0.224 e. The van der Waals surface area contributed by atoms with Gasteiger partial charge in [0, 0.05) is 37.5 Å². The Morgan fingerprint density at radius 1 is 1.10 bits per heavy atom. The van der Waals surface area contributed by atoms with Crippen LogP contribution in [0.4, 0.5) is 4.39 Å². The van der Waals surface area contributed by atoms with Crippen LogP contribution in [-0.2, 0) is 11.3 Å². The molecule has 2 aromatic rings. The molecule has 5 heteroatoms. The standard InChI is InChI=1S/C26H38FN3O/c1-3-19-10-12-20(13-11-19)26-28-23-18-21(27)14-15-24(23)30(26)17-16-25(31)29(4-2)22-8-6-5-7-9-22/h14-15,18-20,22H,3-13,16-17H2,1-2H3/t19-,20-. The zero-order valence-electron chi connectivity index (χ0n) is 19.3. The number of rotatable bonds is 7. The minimum Gasteiger partial charge on any atom is -0.340 e. The van der Waals surface area contributed by atoms with E-state index < -0.39 is 0 Å².